The average molecular weight is 341 g/mol. The Morgan fingerprint density at radius 1 is 1.12 bits per heavy atom. The van der Waals surface area contributed by atoms with Gasteiger partial charge in [-0.2, -0.15) is 0 Å². The highest BCUT2D eigenvalue weighted by Gasteiger charge is 2.00. The Kier molecular flexibility index (Phi) is 7.70. The van der Waals surface area contributed by atoms with Crippen LogP contribution in [0.3, 0.4) is 0 Å². The van der Waals surface area contributed by atoms with Gasteiger partial charge >= 0.3 is 0 Å². The van der Waals surface area contributed by atoms with Crippen molar-refractivity contribution in [3.05, 3.63) is 66.0 Å². The van der Waals surface area contributed by atoms with E-state index in [0.29, 0.717) is 17.9 Å². The van der Waals surface area contributed by atoms with Gasteiger partial charge in [0.05, 0.1) is 6.61 Å². The lowest BCUT2D eigenvalue weighted by Crippen LogP contribution is -2.07. The lowest BCUT2D eigenvalue weighted by Gasteiger charge is -2.07. The van der Waals surface area contributed by atoms with Gasteiger partial charge in [-0.15, -0.1) is 0 Å². The van der Waals surface area contributed by atoms with Crippen LogP contribution < -0.4 is 10.1 Å². The van der Waals surface area contributed by atoms with E-state index < -0.39 is 0 Å². The van der Waals surface area contributed by atoms with Crippen molar-refractivity contribution in [2.24, 2.45) is 0 Å². The minimum absolute atomic E-state index is 0.266. The highest BCUT2D eigenvalue weighted by Crippen LogP contribution is 2.16. The van der Waals surface area contributed by atoms with Crippen molar-refractivity contribution < 1.29 is 13.9 Å². The molecule has 0 atom stereocenters. The number of nitrogens with one attached hydrogen (secondary N) is 1. The highest BCUT2D eigenvalue weighted by molar-refractivity contribution is 6.01. The molecule has 2 aromatic rings. The minimum atomic E-state index is -0.326. The van der Waals surface area contributed by atoms with Crippen molar-refractivity contribution in [1.82, 2.24) is 0 Å². The third-order valence-corrected chi connectivity index (χ3v) is 3.66. The van der Waals surface area contributed by atoms with Gasteiger partial charge in [0.2, 0.25) is 5.91 Å². The van der Waals surface area contributed by atoms with E-state index in [1.165, 1.54) is 37.5 Å². The predicted octanol–water partition coefficient (Wildman–Crippen LogP) is 5.44. The lowest BCUT2D eigenvalue weighted by molar-refractivity contribution is -0.111. The predicted molar refractivity (Wildman–Crippen MR) is 100 cm³/mol. The summed E-state index contributed by atoms with van der Waals surface area (Å²) in [5, 5.41) is 2.76. The molecular formula is C21H24FNO2. The first-order valence-electron chi connectivity index (χ1n) is 8.65. The first kappa shape index (κ1) is 18.7. The quantitative estimate of drug-likeness (QED) is 0.487. The zero-order chi connectivity index (χ0) is 17.9. The largest absolute Gasteiger partial charge is 0.494 e. The fraction of sp³-hybridized carbons (Fsp3) is 0.286. The highest BCUT2D eigenvalue weighted by atomic mass is 19.1. The van der Waals surface area contributed by atoms with Crippen LogP contribution in [0.25, 0.3) is 6.08 Å². The fourth-order valence-electron chi connectivity index (χ4n) is 2.32. The summed E-state index contributed by atoms with van der Waals surface area (Å²) < 4.78 is 18.7. The van der Waals surface area contributed by atoms with E-state index in [2.05, 4.69) is 12.2 Å². The second-order valence-electron chi connectivity index (χ2n) is 5.81. The number of anilines is 1. The van der Waals surface area contributed by atoms with Crippen LogP contribution in [0.1, 0.15) is 38.2 Å². The number of unbranched alkanes of at least 4 members (excludes halogenated alkanes) is 3. The fourth-order valence-corrected chi connectivity index (χ4v) is 2.32. The number of hydrogen-bond acceptors (Lipinski definition) is 2. The molecule has 0 bridgehead atoms. The van der Waals surface area contributed by atoms with Crippen LogP contribution in [0.4, 0.5) is 10.1 Å². The average Bonchev–Trinajstić information content (AvgIpc) is 2.61. The van der Waals surface area contributed by atoms with E-state index in [4.69, 9.17) is 4.74 Å². The molecule has 0 heterocycles. The van der Waals surface area contributed by atoms with Crippen LogP contribution in [0.15, 0.2) is 54.6 Å². The van der Waals surface area contributed by atoms with E-state index in [1.807, 2.05) is 12.1 Å². The minimum Gasteiger partial charge on any atom is -0.494 e. The van der Waals surface area contributed by atoms with Crippen LogP contribution in [0.5, 0.6) is 5.75 Å². The Bertz CT molecular complexity index is 695. The monoisotopic (exact) mass is 341 g/mol. The number of carbonyl (C=O) groups is 1. The van der Waals surface area contributed by atoms with Gasteiger partial charge in [0.1, 0.15) is 11.6 Å². The van der Waals surface area contributed by atoms with Crippen molar-refractivity contribution in [2.75, 3.05) is 11.9 Å². The van der Waals surface area contributed by atoms with Gasteiger partial charge in [0, 0.05) is 11.8 Å². The number of amides is 1. The van der Waals surface area contributed by atoms with Crippen molar-refractivity contribution in [2.45, 2.75) is 32.6 Å². The molecule has 2 aromatic carbocycles. The van der Waals surface area contributed by atoms with Crippen molar-refractivity contribution >= 4 is 17.7 Å². The lowest BCUT2D eigenvalue weighted by atomic mass is 10.2. The maximum Gasteiger partial charge on any atom is 0.248 e. The molecular weight excluding hydrogens is 317 g/mol. The number of carbonyl (C=O) groups excluding carboxylic acids is 1. The summed E-state index contributed by atoms with van der Waals surface area (Å²) in [6.45, 7) is 2.89. The summed E-state index contributed by atoms with van der Waals surface area (Å²) in [5.74, 6) is 0.204. The summed E-state index contributed by atoms with van der Waals surface area (Å²) in [6.07, 6.45) is 7.64. The maximum atomic E-state index is 13.1. The van der Waals surface area contributed by atoms with Crippen molar-refractivity contribution in [3.8, 4) is 5.75 Å². The number of halogens is 1. The van der Waals surface area contributed by atoms with E-state index in [-0.39, 0.29) is 11.7 Å². The maximum absolute atomic E-state index is 13.1. The van der Waals surface area contributed by atoms with Crippen LogP contribution in [-0.2, 0) is 4.79 Å². The molecule has 4 heteroatoms. The molecule has 0 aliphatic heterocycles. The van der Waals surface area contributed by atoms with Crippen molar-refractivity contribution in [3.63, 3.8) is 0 Å². The van der Waals surface area contributed by atoms with Gasteiger partial charge in [-0.05, 0) is 54.5 Å². The first-order valence-corrected chi connectivity index (χ1v) is 8.65. The molecule has 2 rings (SSSR count). The van der Waals surface area contributed by atoms with Gasteiger partial charge < -0.3 is 10.1 Å². The smallest absolute Gasteiger partial charge is 0.248 e. The molecule has 1 amide bonds. The molecule has 25 heavy (non-hydrogen) atoms. The van der Waals surface area contributed by atoms with Gasteiger partial charge in [-0.25, -0.2) is 4.39 Å². The molecule has 0 aliphatic carbocycles. The first-order chi connectivity index (χ1) is 12.2. The second-order valence-corrected chi connectivity index (χ2v) is 5.81. The van der Waals surface area contributed by atoms with E-state index in [0.717, 1.165) is 12.2 Å². The normalized spacial score (nSPS) is 10.8. The summed E-state index contributed by atoms with van der Waals surface area (Å²) in [4.78, 5) is 11.9. The third-order valence-electron chi connectivity index (χ3n) is 3.66. The van der Waals surface area contributed by atoms with Gasteiger partial charge in [0.25, 0.3) is 0 Å². The summed E-state index contributed by atoms with van der Waals surface area (Å²) in [7, 11) is 0. The SMILES string of the molecule is CCCCCCOc1ccc(NC(=O)/C=C/c2cccc(F)c2)cc1. The van der Waals surface area contributed by atoms with E-state index >= 15 is 0 Å². The molecule has 0 spiro atoms. The molecule has 3 nitrogen and oxygen atoms in total. The zero-order valence-electron chi connectivity index (χ0n) is 14.5. The van der Waals surface area contributed by atoms with Gasteiger partial charge in [0.15, 0.2) is 0 Å². The van der Waals surface area contributed by atoms with E-state index in [1.54, 1.807) is 30.3 Å². The molecule has 1 N–H and O–H groups in total. The van der Waals surface area contributed by atoms with E-state index in [9.17, 15) is 9.18 Å². The molecule has 0 saturated heterocycles. The number of benzene rings is 2. The molecule has 0 saturated carbocycles. The summed E-state index contributed by atoms with van der Waals surface area (Å²) >= 11 is 0. The molecule has 132 valence electrons. The Hall–Kier alpha value is -2.62. The zero-order valence-corrected chi connectivity index (χ0v) is 14.5. The van der Waals surface area contributed by atoms with Gasteiger partial charge in [-0.3, -0.25) is 4.79 Å². The molecule has 0 aliphatic rings. The molecule has 0 aromatic heterocycles. The molecule has 0 radical (unpaired) electrons. The summed E-state index contributed by atoms with van der Waals surface area (Å²) in [5.41, 5.74) is 1.33. The number of hydrogen-bond donors (Lipinski definition) is 1. The van der Waals surface area contributed by atoms with Crippen LogP contribution in [-0.4, -0.2) is 12.5 Å². The van der Waals surface area contributed by atoms with Crippen LogP contribution in [0, 0.1) is 5.82 Å². The Morgan fingerprint density at radius 2 is 1.92 bits per heavy atom. The van der Waals surface area contributed by atoms with Gasteiger partial charge in [-0.1, -0.05) is 38.3 Å². The molecule has 0 fully saturated rings. The number of rotatable bonds is 9. The summed E-state index contributed by atoms with van der Waals surface area (Å²) in [6, 6.07) is 13.4. The topological polar surface area (TPSA) is 38.3 Å². The third kappa shape index (κ3) is 7.21. The van der Waals surface area contributed by atoms with Crippen LogP contribution in [0.2, 0.25) is 0 Å². The van der Waals surface area contributed by atoms with Crippen LogP contribution >= 0.6 is 0 Å². The Labute approximate surface area is 148 Å². The Morgan fingerprint density at radius 3 is 2.64 bits per heavy atom. The molecule has 0 unspecified atom stereocenters. The Balaban J connectivity index is 1.79. The number of ether oxygens (including phenoxy) is 1. The van der Waals surface area contributed by atoms with Crippen molar-refractivity contribution in [1.29, 1.82) is 0 Å². The second kappa shape index (κ2) is 10.3. The standard InChI is InChI=1S/C21H24FNO2/c1-2-3-4-5-15-25-20-12-10-19(11-13-20)23-21(24)14-9-17-7-6-8-18(22)16-17/h6-14,16H,2-5,15H2,1H3,(H,23,24)/b14-9+.